The van der Waals surface area contributed by atoms with Crippen molar-refractivity contribution in [3.05, 3.63) is 47.6 Å². The first-order chi connectivity index (χ1) is 33.9. The Balaban J connectivity index is 1.67. The normalized spacial score (nSPS) is 36.7. The quantitative estimate of drug-likeness (QED) is 0.0960. The van der Waals surface area contributed by atoms with Gasteiger partial charge in [-0.1, -0.05) is 71.1 Å². The summed E-state index contributed by atoms with van der Waals surface area (Å²) in [6, 6.07) is -1.17. The summed E-state index contributed by atoms with van der Waals surface area (Å²) in [4.78, 5) is 72.4. The van der Waals surface area contributed by atoms with Crippen LogP contribution in [0.15, 0.2) is 47.6 Å². The van der Waals surface area contributed by atoms with Gasteiger partial charge in [-0.2, -0.15) is 0 Å². The van der Waals surface area contributed by atoms with Gasteiger partial charge in [-0.05, 0) is 113 Å². The fourth-order valence-corrected chi connectivity index (χ4v) is 11.5. The van der Waals surface area contributed by atoms with Gasteiger partial charge in [0.2, 0.25) is 5.79 Å². The van der Waals surface area contributed by atoms with Crippen molar-refractivity contribution < 1.29 is 71.0 Å². The van der Waals surface area contributed by atoms with Crippen LogP contribution >= 0.6 is 0 Å². The molecule has 72 heavy (non-hydrogen) atoms. The molecule has 16 nitrogen and oxygen atoms in total. The lowest BCUT2D eigenvalue weighted by Crippen LogP contribution is -2.61. The number of nitrogens with zero attached hydrogens (tertiary/aromatic N) is 1. The van der Waals surface area contributed by atoms with Crippen LogP contribution in [0.3, 0.4) is 0 Å². The summed E-state index contributed by atoms with van der Waals surface area (Å²) in [6.07, 6.45) is 13.1. The Kier molecular flexibility index (Phi) is 24.2. The van der Waals surface area contributed by atoms with Crippen molar-refractivity contribution in [3.63, 3.8) is 0 Å². The predicted octanol–water partition coefficient (Wildman–Crippen LogP) is 6.64. The van der Waals surface area contributed by atoms with Gasteiger partial charge in [-0.25, -0.2) is 13.2 Å². The maximum Gasteiger partial charge on any atom is 0.329 e. The fourth-order valence-electron chi connectivity index (χ4n) is 10.8. The van der Waals surface area contributed by atoms with Gasteiger partial charge in [0.15, 0.2) is 5.78 Å². The highest BCUT2D eigenvalue weighted by atomic mass is 32.2. The van der Waals surface area contributed by atoms with E-state index in [1.807, 2.05) is 58.1 Å². The minimum atomic E-state index is -3.12. The number of piperidine rings is 1. The van der Waals surface area contributed by atoms with Crippen molar-refractivity contribution >= 4 is 39.1 Å². The zero-order valence-corrected chi connectivity index (χ0v) is 45.7. The third kappa shape index (κ3) is 17.3. The second-order valence-electron chi connectivity index (χ2n) is 21.4. The van der Waals surface area contributed by atoms with Crippen molar-refractivity contribution in [3.8, 4) is 0 Å². The zero-order chi connectivity index (χ0) is 53.5. The van der Waals surface area contributed by atoms with Crippen molar-refractivity contribution in [2.24, 2.45) is 35.5 Å². The van der Waals surface area contributed by atoms with Crippen LogP contribution in [0.1, 0.15) is 132 Å². The van der Waals surface area contributed by atoms with E-state index in [-0.39, 0.29) is 73.3 Å². The van der Waals surface area contributed by atoms with Crippen LogP contribution in [0.4, 0.5) is 0 Å². The molecule has 4 aliphatic rings. The van der Waals surface area contributed by atoms with E-state index >= 15 is 0 Å². The molecule has 1 aliphatic carbocycles. The van der Waals surface area contributed by atoms with E-state index in [9.17, 15) is 42.6 Å². The van der Waals surface area contributed by atoms with E-state index in [0.29, 0.717) is 69.8 Å². The van der Waals surface area contributed by atoms with Crippen LogP contribution in [0, 0.1) is 35.5 Å². The fraction of sp³-hybridized carbons (Fsp3) is 0.764. The Morgan fingerprint density at radius 2 is 1.58 bits per heavy atom. The first kappa shape index (κ1) is 61.1. The molecule has 0 aromatic carbocycles. The third-order valence-corrected chi connectivity index (χ3v) is 16.5. The number of ketones is 3. The SMILES string of the molecule is CO[C@H]1C[C@@H]2CC[C@@H](C)[C@@](O)(O2)C(=O)C(=O)N2CCCC[C@H]2C(=O)O[C@H]([C@H](C)C[C@@H]2CC[C@@H](OCCCS(C)(=O)=O)[C@H](OC)C2)CC(=O)[C@H](C)/C=C(\C)[C@@H](O)[C@@H](OC)C(=O)[C@H](C)C[C@H](C)/C=C/C=CC=C1C. The number of aliphatic hydroxyl groups is 2. The van der Waals surface area contributed by atoms with Crippen molar-refractivity contribution in [2.75, 3.05) is 46.5 Å². The topological polar surface area (TPSA) is 219 Å². The smallest absolute Gasteiger partial charge is 0.329 e. The van der Waals surface area contributed by atoms with Crippen LogP contribution in [0.25, 0.3) is 0 Å². The number of carbonyl (C=O) groups excluding carboxylic acids is 5. The lowest BCUT2D eigenvalue weighted by Gasteiger charge is -2.42. The number of aliphatic hydroxyl groups excluding tert-OH is 1. The second-order valence-corrected chi connectivity index (χ2v) is 23.7. The maximum absolute atomic E-state index is 14.5. The summed E-state index contributed by atoms with van der Waals surface area (Å²) < 4.78 is 59.2. The summed E-state index contributed by atoms with van der Waals surface area (Å²) in [6.45, 7) is 13.0. The molecule has 0 spiro atoms. The number of esters is 1. The first-order valence-corrected chi connectivity index (χ1v) is 28.3. The molecule has 1 amide bonds. The molecule has 0 unspecified atom stereocenters. The number of Topliss-reactive ketones (excluding diaryl/α,β-unsaturated/α-hetero) is 3. The van der Waals surface area contributed by atoms with Gasteiger partial charge < -0.3 is 43.5 Å². The summed E-state index contributed by atoms with van der Waals surface area (Å²) in [5, 5.41) is 23.5. The number of sulfone groups is 1. The number of carbonyl (C=O) groups is 5. The summed E-state index contributed by atoms with van der Waals surface area (Å²) >= 11 is 0. The van der Waals surface area contributed by atoms with Gasteiger partial charge in [0.05, 0.1) is 30.2 Å². The molecular weight excluding hydrogens is 947 g/mol. The average Bonchev–Trinajstić information content (AvgIpc) is 3.34. The Morgan fingerprint density at radius 1 is 0.861 bits per heavy atom. The van der Waals surface area contributed by atoms with Crippen molar-refractivity contribution in [1.29, 1.82) is 0 Å². The van der Waals surface area contributed by atoms with Crippen molar-refractivity contribution in [2.45, 2.75) is 186 Å². The number of hydrogen-bond donors (Lipinski definition) is 2. The lowest BCUT2D eigenvalue weighted by atomic mass is 9.78. The molecule has 4 rings (SSSR count). The molecule has 0 aromatic heterocycles. The van der Waals surface area contributed by atoms with Crippen LogP contribution in [-0.2, 0) is 62.2 Å². The molecule has 408 valence electrons. The standard InChI is InChI=1S/C55H87NO15S/c1-34-18-13-12-14-19-35(2)46(66-8)32-42-23-21-40(7)55(63,71-42)52(60)53(61)56-25-16-15-20-43(56)54(62)70-47(33-44(57)36(3)29-39(6)50(59)51(68-10)49(58)38(5)28-34)37(4)30-41-22-24-45(48(31-41)67-9)69-26-17-27-72(11,64)65/h12-14,18-19,29,34,36-38,40-43,45-48,50-51,59,63H,15-17,20-28,30-33H2,1-11H3/b14-12?,18-13+,35-19?,39-29+/t34-,36-,37-,38-,40-,41+,42+,43+,45-,46+,47+,48-,50-,51+,55-/m1/s1. The van der Waals surface area contributed by atoms with E-state index in [1.165, 1.54) is 18.3 Å². The predicted molar refractivity (Wildman–Crippen MR) is 273 cm³/mol. The molecule has 1 saturated carbocycles. The molecule has 3 heterocycles. The molecule has 0 aromatic rings. The van der Waals surface area contributed by atoms with Gasteiger partial charge in [0, 0.05) is 71.3 Å². The summed E-state index contributed by atoms with van der Waals surface area (Å²) in [7, 11) is 1.43. The molecule has 2 N–H and O–H groups in total. The highest BCUT2D eigenvalue weighted by molar-refractivity contribution is 7.90. The number of allylic oxidation sites excluding steroid dienone is 6. The van der Waals surface area contributed by atoms with Crippen LogP contribution in [0.2, 0.25) is 0 Å². The summed E-state index contributed by atoms with van der Waals surface area (Å²) in [5.74, 6) is -8.16. The number of ether oxygens (including phenoxy) is 6. The molecule has 3 fully saturated rings. The number of cyclic esters (lactones) is 1. The van der Waals surface area contributed by atoms with E-state index in [2.05, 4.69) is 0 Å². The lowest BCUT2D eigenvalue weighted by molar-refractivity contribution is -0.265. The molecule has 17 heteroatoms. The minimum absolute atomic E-state index is 0.00505. The highest BCUT2D eigenvalue weighted by Crippen LogP contribution is 2.38. The minimum Gasteiger partial charge on any atom is -0.460 e. The molecule has 15 atom stereocenters. The Morgan fingerprint density at radius 3 is 2.25 bits per heavy atom. The van der Waals surface area contributed by atoms with E-state index in [1.54, 1.807) is 41.1 Å². The van der Waals surface area contributed by atoms with Crippen LogP contribution < -0.4 is 0 Å². The average molecular weight is 1030 g/mol. The number of fused-ring (bicyclic) bond motifs is 3. The van der Waals surface area contributed by atoms with Gasteiger partial charge in [0.25, 0.3) is 11.7 Å². The number of rotatable bonds is 11. The second kappa shape index (κ2) is 28.5. The van der Waals surface area contributed by atoms with Crippen molar-refractivity contribution in [1.82, 2.24) is 4.90 Å². The van der Waals surface area contributed by atoms with Gasteiger partial charge in [-0.15, -0.1) is 0 Å². The Labute approximate surface area is 429 Å². The van der Waals surface area contributed by atoms with Gasteiger partial charge >= 0.3 is 5.97 Å². The molecule has 2 bridgehead atoms. The number of amides is 1. The largest absolute Gasteiger partial charge is 0.460 e. The Bertz CT molecular complexity index is 2070. The van der Waals surface area contributed by atoms with Crippen LogP contribution in [0.5, 0.6) is 0 Å². The van der Waals surface area contributed by atoms with E-state index in [0.717, 1.165) is 12.0 Å². The molecule has 2 saturated heterocycles. The van der Waals surface area contributed by atoms with E-state index in [4.69, 9.17) is 28.4 Å². The molecular formula is C55H87NO15S. The first-order valence-electron chi connectivity index (χ1n) is 26.2. The monoisotopic (exact) mass is 1030 g/mol. The molecule has 0 radical (unpaired) electrons. The maximum atomic E-state index is 14.5. The Hall–Kier alpha value is -3.42. The highest BCUT2D eigenvalue weighted by Gasteiger charge is 2.53. The number of hydrogen-bond acceptors (Lipinski definition) is 15. The van der Waals surface area contributed by atoms with Gasteiger partial charge in [0.1, 0.15) is 40.0 Å². The third-order valence-electron chi connectivity index (χ3n) is 15.4. The molecule has 3 aliphatic heterocycles. The summed E-state index contributed by atoms with van der Waals surface area (Å²) in [5.41, 5.74) is 1.24. The van der Waals surface area contributed by atoms with Gasteiger partial charge in [-0.3, -0.25) is 19.2 Å². The number of methoxy groups -OCH3 is 3. The van der Waals surface area contributed by atoms with Crippen LogP contribution in [-0.4, -0.2) is 154 Å². The van der Waals surface area contributed by atoms with E-state index < -0.39 is 87.6 Å². The zero-order valence-electron chi connectivity index (χ0n) is 44.9.